The van der Waals surface area contributed by atoms with Crippen LogP contribution in [0.5, 0.6) is 5.75 Å². The number of nitrogens with one attached hydrogen (secondary N) is 1. The van der Waals surface area contributed by atoms with Gasteiger partial charge in [-0.3, -0.25) is 4.79 Å². The first-order valence-corrected chi connectivity index (χ1v) is 9.86. The highest BCUT2D eigenvalue weighted by molar-refractivity contribution is 7.89. The van der Waals surface area contributed by atoms with Crippen LogP contribution in [-0.2, 0) is 19.6 Å². The fourth-order valence-electron chi connectivity index (χ4n) is 2.09. The quantitative estimate of drug-likeness (QED) is 0.581. The summed E-state index contributed by atoms with van der Waals surface area (Å²) in [5, 5.41) is 2.88. The molecule has 0 atom stereocenters. The second kappa shape index (κ2) is 10.6. The summed E-state index contributed by atoms with van der Waals surface area (Å²) in [6.07, 6.45) is 0.662. The zero-order valence-corrected chi connectivity index (χ0v) is 16.3. The highest BCUT2D eigenvalue weighted by Crippen LogP contribution is 2.28. The minimum atomic E-state index is -3.83. The molecule has 1 N–H and O–H groups in total. The van der Waals surface area contributed by atoms with E-state index in [1.165, 1.54) is 18.2 Å². The van der Waals surface area contributed by atoms with Crippen LogP contribution in [-0.4, -0.2) is 58.6 Å². The fourth-order valence-corrected chi connectivity index (χ4v) is 3.82. The average Bonchev–Trinajstić information content (AvgIpc) is 2.58. The second-order valence-corrected chi connectivity index (χ2v) is 7.50. The molecule has 1 amide bonds. The van der Waals surface area contributed by atoms with E-state index >= 15 is 0 Å². The van der Waals surface area contributed by atoms with Crippen LogP contribution >= 0.6 is 11.6 Å². The lowest BCUT2D eigenvalue weighted by atomic mass is 10.3. The van der Waals surface area contributed by atoms with E-state index in [9.17, 15) is 13.2 Å². The molecule has 1 aromatic carbocycles. The molecule has 0 spiro atoms. The molecule has 7 nitrogen and oxygen atoms in total. The third-order valence-corrected chi connectivity index (χ3v) is 5.57. The van der Waals surface area contributed by atoms with Gasteiger partial charge in [-0.25, -0.2) is 8.42 Å². The summed E-state index contributed by atoms with van der Waals surface area (Å²) in [4.78, 5) is 12.0. The molecular formula is C16H25ClN2O5S. The van der Waals surface area contributed by atoms with Crippen LogP contribution in [0.1, 0.15) is 20.3 Å². The van der Waals surface area contributed by atoms with E-state index in [4.69, 9.17) is 21.1 Å². The van der Waals surface area contributed by atoms with Crippen molar-refractivity contribution >= 4 is 27.5 Å². The van der Waals surface area contributed by atoms with Gasteiger partial charge < -0.3 is 14.8 Å². The lowest BCUT2D eigenvalue weighted by Crippen LogP contribution is -2.41. The molecule has 0 fully saturated rings. The molecule has 0 aliphatic heterocycles. The first kappa shape index (κ1) is 21.7. The first-order valence-electron chi connectivity index (χ1n) is 8.04. The fraction of sp³-hybridized carbons (Fsp3) is 0.562. The molecule has 9 heteroatoms. The SMILES string of the molecule is CCOc1ccc(S(=O)(=O)N(CC)CC(=O)NCCCOC)cc1Cl. The van der Waals surface area contributed by atoms with Gasteiger partial charge in [0.2, 0.25) is 15.9 Å². The number of benzene rings is 1. The zero-order chi connectivity index (χ0) is 18.9. The van der Waals surface area contributed by atoms with Crippen molar-refractivity contribution in [2.75, 3.05) is 40.0 Å². The minimum Gasteiger partial charge on any atom is -0.492 e. The van der Waals surface area contributed by atoms with Crippen molar-refractivity contribution in [2.45, 2.75) is 25.2 Å². The van der Waals surface area contributed by atoms with Gasteiger partial charge in [0.15, 0.2) is 0 Å². The van der Waals surface area contributed by atoms with Crippen LogP contribution in [0.25, 0.3) is 0 Å². The Morgan fingerprint density at radius 1 is 1.32 bits per heavy atom. The normalized spacial score (nSPS) is 11.6. The number of methoxy groups -OCH3 is 1. The van der Waals surface area contributed by atoms with E-state index in [0.717, 1.165) is 4.31 Å². The molecule has 0 radical (unpaired) electrons. The van der Waals surface area contributed by atoms with Crippen LogP contribution in [0.2, 0.25) is 5.02 Å². The van der Waals surface area contributed by atoms with Crippen molar-refractivity contribution in [2.24, 2.45) is 0 Å². The zero-order valence-electron chi connectivity index (χ0n) is 14.7. The van der Waals surface area contributed by atoms with E-state index in [-0.39, 0.29) is 28.9 Å². The second-order valence-electron chi connectivity index (χ2n) is 5.15. The Morgan fingerprint density at radius 3 is 2.60 bits per heavy atom. The minimum absolute atomic E-state index is 0.0231. The summed E-state index contributed by atoms with van der Waals surface area (Å²) in [6.45, 7) is 4.78. The average molecular weight is 393 g/mol. The van der Waals surface area contributed by atoms with Crippen LogP contribution in [0, 0.1) is 0 Å². The third kappa shape index (κ3) is 6.47. The summed E-state index contributed by atoms with van der Waals surface area (Å²) < 4.78 is 36.7. The Kier molecular flexibility index (Phi) is 9.20. The van der Waals surface area contributed by atoms with Gasteiger partial charge in [-0.1, -0.05) is 18.5 Å². The molecule has 0 bridgehead atoms. The number of amides is 1. The van der Waals surface area contributed by atoms with E-state index in [1.54, 1.807) is 14.0 Å². The van der Waals surface area contributed by atoms with Crippen LogP contribution < -0.4 is 10.1 Å². The summed E-state index contributed by atoms with van der Waals surface area (Å²) in [6, 6.07) is 4.27. The van der Waals surface area contributed by atoms with Crippen LogP contribution in [0.15, 0.2) is 23.1 Å². The van der Waals surface area contributed by atoms with Crippen molar-refractivity contribution in [3.8, 4) is 5.75 Å². The number of nitrogens with zero attached hydrogens (tertiary/aromatic N) is 1. The maximum Gasteiger partial charge on any atom is 0.243 e. The molecule has 0 aromatic heterocycles. The maximum atomic E-state index is 12.7. The molecule has 0 aliphatic carbocycles. The number of carbonyl (C=O) groups excluding carboxylic acids is 1. The van der Waals surface area contributed by atoms with Gasteiger partial charge in [-0.05, 0) is 31.5 Å². The summed E-state index contributed by atoms with van der Waals surface area (Å²) >= 11 is 6.07. The standard InChI is InChI=1S/C16H25ClN2O5S/c1-4-19(12-16(20)18-9-6-10-23-3)25(21,22)13-7-8-15(24-5-2)14(17)11-13/h7-8,11H,4-6,9-10,12H2,1-3H3,(H,18,20). The van der Waals surface area contributed by atoms with Crippen molar-refractivity contribution in [1.82, 2.24) is 9.62 Å². The molecule has 1 rings (SSSR count). The van der Waals surface area contributed by atoms with Gasteiger partial charge >= 0.3 is 0 Å². The molecule has 1 aromatic rings. The first-order chi connectivity index (χ1) is 11.9. The summed E-state index contributed by atoms with van der Waals surface area (Å²) in [5.41, 5.74) is 0. The van der Waals surface area contributed by atoms with Gasteiger partial charge in [-0.2, -0.15) is 4.31 Å². The van der Waals surface area contributed by atoms with Crippen molar-refractivity contribution < 1.29 is 22.7 Å². The number of likely N-dealkylation sites (N-methyl/N-ethyl adjacent to an activating group) is 1. The number of rotatable bonds is 11. The monoisotopic (exact) mass is 392 g/mol. The smallest absolute Gasteiger partial charge is 0.243 e. The van der Waals surface area contributed by atoms with Gasteiger partial charge in [0.05, 0.1) is 23.1 Å². The Morgan fingerprint density at radius 2 is 2.04 bits per heavy atom. The number of carbonyl (C=O) groups is 1. The topological polar surface area (TPSA) is 84.9 Å². The van der Waals surface area contributed by atoms with E-state index in [2.05, 4.69) is 5.32 Å². The molecule has 0 unspecified atom stereocenters. The lowest BCUT2D eigenvalue weighted by Gasteiger charge is -2.20. The molecule has 0 saturated carbocycles. The van der Waals surface area contributed by atoms with Crippen molar-refractivity contribution in [1.29, 1.82) is 0 Å². The van der Waals surface area contributed by atoms with Crippen molar-refractivity contribution in [3.63, 3.8) is 0 Å². The Labute approximate surface area is 154 Å². The molecule has 0 saturated heterocycles. The van der Waals surface area contributed by atoms with Gasteiger partial charge in [0.1, 0.15) is 5.75 Å². The van der Waals surface area contributed by atoms with E-state index in [1.807, 2.05) is 6.92 Å². The maximum absolute atomic E-state index is 12.7. The molecular weight excluding hydrogens is 368 g/mol. The predicted octanol–water partition coefficient (Wildman–Crippen LogP) is 1.90. The highest BCUT2D eigenvalue weighted by atomic mass is 35.5. The molecule has 0 aliphatic rings. The highest BCUT2D eigenvalue weighted by Gasteiger charge is 2.26. The Bertz CT molecular complexity index is 666. The molecule has 25 heavy (non-hydrogen) atoms. The number of sulfonamides is 1. The van der Waals surface area contributed by atoms with E-state index in [0.29, 0.717) is 31.9 Å². The Hall–Kier alpha value is -1.35. The molecule has 142 valence electrons. The number of hydrogen-bond acceptors (Lipinski definition) is 5. The third-order valence-electron chi connectivity index (χ3n) is 3.36. The van der Waals surface area contributed by atoms with Gasteiger partial charge in [-0.15, -0.1) is 0 Å². The van der Waals surface area contributed by atoms with Crippen LogP contribution in [0.3, 0.4) is 0 Å². The van der Waals surface area contributed by atoms with Crippen molar-refractivity contribution in [3.05, 3.63) is 23.2 Å². The molecule has 0 heterocycles. The van der Waals surface area contributed by atoms with E-state index < -0.39 is 10.0 Å². The number of halogens is 1. The Balaban J connectivity index is 2.83. The number of ether oxygens (including phenoxy) is 2. The van der Waals surface area contributed by atoms with Gasteiger partial charge in [0, 0.05) is 26.8 Å². The van der Waals surface area contributed by atoms with Crippen LogP contribution in [0.4, 0.5) is 0 Å². The van der Waals surface area contributed by atoms with Gasteiger partial charge in [0.25, 0.3) is 0 Å². The summed E-state index contributed by atoms with van der Waals surface area (Å²) in [5.74, 6) is 0.0561. The lowest BCUT2D eigenvalue weighted by molar-refractivity contribution is -0.121. The largest absolute Gasteiger partial charge is 0.492 e. The predicted molar refractivity (Wildman–Crippen MR) is 96.6 cm³/mol. The number of hydrogen-bond donors (Lipinski definition) is 1. The summed E-state index contributed by atoms with van der Waals surface area (Å²) in [7, 11) is -2.25.